The van der Waals surface area contributed by atoms with Crippen molar-refractivity contribution < 1.29 is 0 Å². The molecule has 0 fully saturated rings. The fourth-order valence-corrected chi connectivity index (χ4v) is 2.48. The van der Waals surface area contributed by atoms with Crippen LogP contribution in [-0.4, -0.2) is 19.7 Å². The summed E-state index contributed by atoms with van der Waals surface area (Å²) in [6.45, 7) is 8.06. The predicted molar refractivity (Wildman–Crippen MR) is 91.4 cm³/mol. The molecular formula is C18H23N5. The lowest BCUT2D eigenvalue weighted by atomic mass is 9.92. The number of benzene rings is 1. The molecule has 0 amide bonds. The summed E-state index contributed by atoms with van der Waals surface area (Å²) in [5.74, 6) is 0. The molecule has 0 aliphatic carbocycles. The lowest BCUT2D eigenvalue weighted by Gasteiger charge is -2.13. The van der Waals surface area contributed by atoms with E-state index in [9.17, 15) is 0 Å². The Bertz CT molecular complexity index is 750. The van der Waals surface area contributed by atoms with Crippen molar-refractivity contribution in [1.82, 2.24) is 25.1 Å². The van der Waals surface area contributed by atoms with Crippen molar-refractivity contribution in [2.45, 2.75) is 39.3 Å². The molecule has 0 saturated carbocycles. The smallest absolute Gasteiger partial charge is 0.0991 e. The number of nitrogens with zero attached hydrogens (tertiary/aromatic N) is 3. The maximum atomic E-state index is 4.39. The fourth-order valence-electron chi connectivity index (χ4n) is 2.48. The molecular weight excluding hydrogens is 286 g/mol. The zero-order valence-electron chi connectivity index (χ0n) is 13.9. The van der Waals surface area contributed by atoms with Crippen LogP contribution in [0.5, 0.6) is 0 Å². The topological polar surface area (TPSA) is 58.5 Å². The minimum atomic E-state index is 0.0722. The molecule has 1 aromatic carbocycles. The van der Waals surface area contributed by atoms with Crippen molar-refractivity contribution >= 4 is 0 Å². The molecule has 2 heterocycles. The summed E-state index contributed by atoms with van der Waals surface area (Å²) in [5, 5.41) is 11.0. The molecule has 3 aromatic rings. The third-order valence-corrected chi connectivity index (χ3v) is 3.80. The minimum absolute atomic E-state index is 0.0722. The zero-order valence-corrected chi connectivity index (χ0v) is 13.9. The third-order valence-electron chi connectivity index (χ3n) is 3.80. The van der Waals surface area contributed by atoms with Crippen LogP contribution < -0.4 is 5.32 Å². The Balaban J connectivity index is 1.65. The van der Waals surface area contributed by atoms with Crippen LogP contribution in [0.15, 0.2) is 49.1 Å². The molecule has 0 atom stereocenters. The van der Waals surface area contributed by atoms with E-state index in [4.69, 9.17) is 0 Å². The van der Waals surface area contributed by atoms with Gasteiger partial charge in [0.25, 0.3) is 0 Å². The summed E-state index contributed by atoms with van der Waals surface area (Å²) in [6.07, 6.45) is 5.58. The highest BCUT2D eigenvalue weighted by atomic mass is 15.1. The van der Waals surface area contributed by atoms with Crippen molar-refractivity contribution in [1.29, 1.82) is 0 Å². The highest BCUT2D eigenvalue weighted by Crippen LogP contribution is 2.20. The third kappa shape index (κ3) is 3.68. The van der Waals surface area contributed by atoms with Gasteiger partial charge in [-0.15, -0.1) is 0 Å². The molecule has 0 bridgehead atoms. The highest BCUT2D eigenvalue weighted by molar-refractivity contribution is 5.40. The SMILES string of the molecule is CC(C)(C)c1cc(CNCc2ccccc2-n2ccnc2)[nH]n1. The Labute approximate surface area is 136 Å². The predicted octanol–water partition coefficient (Wildman–Crippen LogP) is 3.18. The van der Waals surface area contributed by atoms with Crippen LogP contribution in [0.25, 0.3) is 5.69 Å². The first-order valence-electron chi connectivity index (χ1n) is 7.86. The maximum Gasteiger partial charge on any atom is 0.0991 e. The molecule has 0 radical (unpaired) electrons. The molecule has 2 N–H and O–H groups in total. The number of imidazole rings is 1. The van der Waals surface area contributed by atoms with E-state index in [1.165, 1.54) is 5.56 Å². The highest BCUT2D eigenvalue weighted by Gasteiger charge is 2.17. The van der Waals surface area contributed by atoms with E-state index in [0.29, 0.717) is 0 Å². The van der Waals surface area contributed by atoms with Crippen LogP contribution in [0, 0.1) is 0 Å². The van der Waals surface area contributed by atoms with E-state index in [2.05, 4.69) is 65.5 Å². The maximum absolute atomic E-state index is 4.39. The van der Waals surface area contributed by atoms with E-state index in [-0.39, 0.29) is 5.41 Å². The normalized spacial score (nSPS) is 11.8. The van der Waals surface area contributed by atoms with Crippen LogP contribution in [0.4, 0.5) is 0 Å². The summed E-state index contributed by atoms with van der Waals surface area (Å²) >= 11 is 0. The standard InChI is InChI=1S/C18H23N5/c1-18(2,3)17-10-15(21-22-17)12-20-11-14-6-4-5-7-16(14)23-9-8-19-13-23/h4-10,13,20H,11-12H2,1-3H3,(H,21,22). The first-order valence-corrected chi connectivity index (χ1v) is 7.86. The van der Waals surface area contributed by atoms with Crippen molar-refractivity contribution in [2.24, 2.45) is 0 Å². The van der Waals surface area contributed by atoms with Gasteiger partial charge in [-0.2, -0.15) is 5.10 Å². The van der Waals surface area contributed by atoms with Crippen molar-refractivity contribution in [3.05, 3.63) is 66.0 Å². The van der Waals surface area contributed by atoms with Gasteiger partial charge < -0.3 is 9.88 Å². The Hall–Kier alpha value is -2.40. The second kappa shape index (κ2) is 6.38. The van der Waals surface area contributed by atoms with Gasteiger partial charge >= 0.3 is 0 Å². The lowest BCUT2D eigenvalue weighted by molar-refractivity contribution is 0.567. The van der Waals surface area contributed by atoms with Crippen molar-refractivity contribution in [2.75, 3.05) is 0 Å². The quantitative estimate of drug-likeness (QED) is 0.761. The molecule has 120 valence electrons. The van der Waals surface area contributed by atoms with Gasteiger partial charge in [0, 0.05) is 36.6 Å². The molecule has 23 heavy (non-hydrogen) atoms. The lowest BCUT2D eigenvalue weighted by Crippen LogP contribution is -2.14. The molecule has 0 spiro atoms. The van der Waals surface area contributed by atoms with E-state index < -0.39 is 0 Å². The molecule has 0 aliphatic heterocycles. The van der Waals surface area contributed by atoms with Gasteiger partial charge in [0.15, 0.2) is 0 Å². The summed E-state index contributed by atoms with van der Waals surface area (Å²) < 4.78 is 2.03. The molecule has 0 saturated heterocycles. The van der Waals surface area contributed by atoms with Crippen LogP contribution in [-0.2, 0) is 18.5 Å². The van der Waals surface area contributed by atoms with Gasteiger partial charge in [-0.05, 0) is 17.7 Å². The molecule has 5 heteroatoms. The number of para-hydroxylation sites is 1. The van der Waals surface area contributed by atoms with Crippen molar-refractivity contribution in [3.63, 3.8) is 0 Å². The van der Waals surface area contributed by atoms with Crippen molar-refractivity contribution in [3.8, 4) is 5.69 Å². The second-order valence-electron chi connectivity index (χ2n) is 6.73. The zero-order chi connectivity index (χ0) is 16.3. The molecule has 5 nitrogen and oxygen atoms in total. The number of aromatic amines is 1. The minimum Gasteiger partial charge on any atom is -0.307 e. The first kappa shape index (κ1) is 15.5. The van der Waals surface area contributed by atoms with E-state index >= 15 is 0 Å². The average molecular weight is 309 g/mol. The number of rotatable bonds is 5. The van der Waals surface area contributed by atoms with Gasteiger partial charge in [0.2, 0.25) is 0 Å². The van der Waals surface area contributed by atoms with Gasteiger partial charge in [-0.1, -0.05) is 39.0 Å². The Morgan fingerprint density at radius 2 is 2.00 bits per heavy atom. The number of hydrogen-bond donors (Lipinski definition) is 2. The monoisotopic (exact) mass is 309 g/mol. The van der Waals surface area contributed by atoms with Crippen LogP contribution in [0.2, 0.25) is 0 Å². The van der Waals surface area contributed by atoms with Crippen LogP contribution >= 0.6 is 0 Å². The number of aromatic nitrogens is 4. The van der Waals surface area contributed by atoms with Gasteiger partial charge in [-0.3, -0.25) is 5.10 Å². The second-order valence-corrected chi connectivity index (χ2v) is 6.73. The summed E-state index contributed by atoms with van der Waals surface area (Å²) in [7, 11) is 0. The van der Waals surface area contributed by atoms with E-state index in [1.54, 1.807) is 6.20 Å². The number of nitrogens with one attached hydrogen (secondary N) is 2. The summed E-state index contributed by atoms with van der Waals surface area (Å²) in [4.78, 5) is 4.12. The Morgan fingerprint density at radius 1 is 1.17 bits per heavy atom. The first-order chi connectivity index (χ1) is 11.0. The Kier molecular flexibility index (Phi) is 4.30. The van der Waals surface area contributed by atoms with Gasteiger partial charge in [0.1, 0.15) is 0 Å². The van der Waals surface area contributed by atoms with Gasteiger partial charge in [-0.25, -0.2) is 4.98 Å². The average Bonchev–Trinajstić information content (AvgIpc) is 3.19. The summed E-state index contributed by atoms with van der Waals surface area (Å²) in [5.41, 5.74) is 4.66. The molecule has 3 rings (SSSR count). The summed E-state index contributed by atoms with van der Waals surface area (Å²) in [6, 6.07) is 10.5. The number of hydrogen-bond acceptors (Lipinski definition) is 3. The van der Waals surface area contributed by atoms with E-state index in [1.807, 2.05) is 23.2 Å². The Morgan fingerprint density at radius 3 is 2.70 bits per heavy atom. The molecule has 2 aromatic heterocycles. The van der Waals surface area contributed by atoms with Crippen LogP contribution in [0.1, 0.15) is 37.7 Å². The van der Waals surface area contributed by atoms with Crippen LogP contribution in [0.3, 0.4) is 0 Å². The molecule has 0 unspecified atom stereocenters. The molecule has 0 aliphatic rings. The number of H-pyrrole nitrogens is 1. The van der Waals surface area contributed by atoms with E-state index in [0.717, 1.165) is 30.2 Å². The largest absolute Gasteiger partial charge is 0.307 e. The fraction of sp³-hybridized carbons (Fsp3) is 0.333. The van der Waals surface area contributed by atoms with Gasteiger partial charge in [0.05, 0.1) is 17.7 Å².